The van der Waals surface area contributed by atoms with E-state index >= 15 is 0 Å². The van der Waals surface area contributed by atoms with Crippen LogP contribution in [0.4, 0.5) is 5.69 Å². The summed E-state index contributed by atoms with van der Waals surface area (Å²) in [6.45, 7) is 7.73. The second-order valence-electron chi connectivity index (χ2n) is 6.29. The van der Waals surface area contributed by atoms with E-state index in [0.717, 1.165) is 48.6 Å². The Hall–Kier alpha value is -2.04. The number of carbonyl (C=O) groups excluding carboxylic acids is 1. The molecule has 0 unspecified atom stereocenters. The number of anilines is 1. The number of nitrogens with zero attached hydrogens (tertiary/aromatic N) is 2. The molecule has 0 radical (unpaired) electrons. The van der Waals surface area contributed by atoms with Crippen molar-refractivity contribution in [3.8, 4) is 0 Å². The maximum absolute atomic E-state index is 12.5. The highest BCUT2D eigenvalue weighted by atomic mass is 16.3. The van der Waals surface area contributed by atoms with Crippen molar-refractivity contribution in [2.75, 3.05) is 18.4 Å². The zero-order chi connectivity index (χ0) is 15.7. The van der Waals surface area contributed by atoms with Gasteiger partial charge in [-0.15, -0.1) is 0 Å². The van der Waals surface area contributed by atoms with Crippen LogP contribution in [0.2, 0.25) is 0 Å². The Morgan fingerprint density at radius 2 is 2.14 bits per heavy atom. The summed E-state index contributed by atoms with van der Waals surface area (Å²) in [7, 11) is 0. The predicted molar refractivity (Wildman–Crippen MR) is 86.8 cm³/mol. The molecule has 1 aromatic carbocycles. The van der Waals surface area contributed by atoms with Gasteiger partial charge in [0.15, 0.2) is 11.5 Å². The number of amides is 1. The average Bonchev–Trinajstić information content (AvgIpc) is 2.86. The fourth-order valence-electron chi connectivity index (χ4n) is 2.95. The minimum Gasteiger partial charge on any atom is -0.441 e. The number of likely N-dealkylation sites (tertiary alicyclic amines) is 1. The number of hydrogen-bond acceptors (Lipinski definition) is 4. The van der Waals surface area contributed by atoms with Gasteiger partial charge in [-0.1, -0.05) is 6.92 Å². The molecule has 0 spiro atoms. The number of fused-ring (bicyclic) bond motifs is 1. The summed E-state index contributed by atoms with van der Waals surface area (Å²) in [6.07, 6.45) is 2.20. The SMILES string of the molecule is Cc1nc2cc(N[C@H](C)C(=O)N3CCC(C)CC3)ccc2o1. The maximum atomic E-state index is 12.5. The highest BCUT2D eigenvalue weighted by Gasteiger charge is 2.24. The van der Waals surface area contributed by atoms with E-state index in [1.807, 2.05) is 36.9 Å². The molecule has 1 aliphatic heterocycles. The van der Waals surface area contributed by atoms with Crippen molar-refractivity contribution >= 4 is 22.7 Å². The second-order valence-corrected chi connectivity index (χ2v) is 6.29. The fourth-order valence-corrected chi connectivity index (χ4v) is 2.95. The summed E-state index contributed by atoms with van der Waals surface area (Å²) < 4.78 is 5.47. The summed E-state index contributed by atoms with van der Waals surface area (Å²) in [6, 6.07) is 5.50. The third kappa shape index (κ3) is 3.08. The van der Waals surface area contributed by atoms with Crippen LogP contribution >= 0.6 is 0 Å². The molecule has 1 fully saturated rings. The van der Waals surface area contributed by atoms with E-state index in [1.54, 1.807) is 0 Å². The van der Waals surface area contributed by atoms with Crippen LogP contribution < -0.4 is 5.32 Å². The lowest BCUT2D eigenvalue weighted by atomic mass is 9.99. The average molecular weight is 301 g/mol. The number of nitrogens with one attached hydrogen (secondary N) is 1. The minimum absolute atomic E-state index is 0.170. The van der Waals surface area contributed by atoms with Gasteiger partial charge in [0.2, 0.25) is 5.91 Å². The van der Waals surface area contributed by atoms with Crippen LogP contribution in [-0.4, -0.2) is 34.9 Å². The molecule has 2 heterocycles. The van der Waals surface area contributed by atoms with Crippen molar-refractivity contribution < 1.29 is 9.21 Å². The molecule has 2 aromatic rings. The van der Waals surface area contributed by atoms with Gasteiger partial charge in [-0.25, -0.2) is 4.98 Å². The largest absolute Gasteiger partial charge is 0.441 e. The van der Waals surface area contributed by atoms with Gasteiger partial charge in [-0.3, -0.25) is 4.79 Å². The Labute approximate surface area is 130 Å². The molecule has 1 amide bonds. The van der Waals surface area contributed by atoms with E-state index in [1.165, 1.54) is 0 Å². The quantitative estimate of drug-likeness (QED) is 0.946. The molecule has 1 aliphatic rings. The van der Waals surface area contributed by atoms with Gasteiger partial charge in [0.25, 0.3) is 0 Å². The van der Waals surface area contributed by atoms with Crippen LogP contribution in [0.1, 0.15) is 32.6 Å². The monoisotopic (exact) mass is 301 g/mol. The topological polar surface area (TPSA) is 58.4 Å². The van der Waals surface area contributed by atoms with Gasteiger partial charge < -0.3 is 14.6 Å². The number of rotatable bonds is 3. The maximum Gasteiger partial charge on any atom is 0.244 e. The first-order chi connectivity index (χ1) is 10.5. The highest BCUT2D eigenvalue weighted by molar-refractivity contribution is 5.85. The van der Waals surface area contributed by atoms with Gasteiger partial charge in [-0.2, -0.15) is 0 Å². The lowest BCUT2D eigenvalue weighted by Gasteiger charge is -2.32. The lowest BCUT2D eigenvalue weighted by molar-refractivity contribution is -0.132. The van der Waals surface area contributed by atoms with Crippen molar-refractivity contribution in [1.29, 1.82) is 0 Å². The van der Waals surface area contributed by atoms with Crippen LogP contribution in [0.25, 0.3) is 11.1 Å². The smallest absolute Gasteiger partial charge is 0.244 e. The van der Waals surface area contributed by atoms with Crippen molar-refractivity contribution in [1.82, 2.24) is 9.88 Å². The van der Waals surface area contributed by atoms with Gasteiger partial charge in [0.1, 0.15) is 11.6 Å². The first-order valence-electron chi connectivity index (χ1n) is 7.95. The van der Waals surface area contributed by atoms with Crippen LogP contribution in [0.3, 0.4) is 0 Å². The van der Waals surface area contributed by atoms with E-state index in [0.29, 0.717) is 5.89 Å². The molecular weight excluding hydrogens is 278 g/mol. The molecule has 1 atom stereocenters. The molecule has 0 aliphatic carbocycles. The van der Waals surface area contributed by atoms with Crippen molar-refractivity contribution in [3.63, 3.8) is 0 Å². The Morgan fingerprint density at radius 3 is 2.86 bits per heavy atom. The molecule has 5 heteroatoms. The predicted octanol–water partition coefficient (Wildman–Crippen LogP) is 3.20. The Morgan fingerprint density at radius 1 is 1.41 bits per heavy atom. The zero-order valence-corrected chi connectivity index (χ0v) is 13.4. The van der Waals surface area contributed by atoms with Crippen LogP contribution in [0.5, 0.6) is 0 Å². The van der Waals surface area contributed by atoms with Crippen molar-refractivity contribution in [2.45, 2.75) is 39.7 Å². The molecular formula is C17H23N3O2. The molecule has 3 rings (SSSR count). The lowest BCUT2D eigenvalue weighted by Crippen LogP contribution is -2.45. The van der Waals surface area contributed by atoms with Crippen LogP contribution in [-0.2, 0) is 4.79 Å². The molecule has 5 nitrogen and oxygen atoms in total. The highest BCUT2D eigenvalue weighted by Crippen LogP contribution is 2.21. The van der Waals surface area contributed by atoms with E-state index in [2.05, 4.69) is 17.2 Å². The third-order valence-corrected chi connectivity index (χ3v) is 4.34. The van der Waals surface area contributed by atoms with Gasteiger partial charge in [-0.05, 0) is 43.9 Å². The Balaban J connectivity index is 1.66. The first-order valence-corrected chi connectivity index (χ1v) is 7.95. The number of hydrogen-bond donors (Lipinski definition) is 1. The number of benzene rings is 1. The van der Waals surface area contributed by atoms with Gasteiger partial charge in [0, 0.05) is 25.7 Å². The van der Waals surface area contributed by atoms with E-state index in [9.17, 15) is 4.79 Å². The molecule has 1 N–H and O–H groups in total. The van der Waals surface area contributed by atoms with Crippen LogP contribution in [0.15, 0.2) is 22.6 Å². The van der Waals surface area contributed by atoms with E-state index in [4.69, 9.17) is 4.42 Å². The van der Waals surface area contributed by atoms with Gasteiger partial charge >= 0.3 is 0 Å². The molecule has 1 saturated heterocycles. The van der Waals surface area contributed by atoms with Crippen molar-refractivity contribution in [2.24, 2.45) is 5.92 Å². The summed E-state index contributed by atoms with van der Waals surface area (Å²) in [5, 5.41) is 3.28. The fraction of sp³-hybridized carbons (Fsp3) is 0.529. The summed E-state index contributed by atoms with van der Waals surface area (Å²) in [5.74, 6) is 1.55. The van der Waals surface area contributed by atoms with E-state index < -0.39 is 0 Å². The van der Waals surface area contributed by atoms with Crippen LogP contribution in [0, 0.1) is 12.8 Å². The number of oxazole rings is 1. The molecule has 0 bridgehead atoms. The summed E-state index contributed by atoms with van der Waals surface area (Å²) in [5.41, 5.74) is 2.48. The summed E-state index contributed by atoms with van der Waals surface area (Å²) in [4.78, 5) is 18.8. The normalized spacial score (nSPS) is 17.7. The number of carbonyl (C=O) groups is 1. The Kier molecular flexibility index (Phi) is 4.05. The zero-order valence-electron chi connectivity index (χ0n) is 13.4. The first kappa shape index (κ1) is 14.9. The standard InChI is InChI=1S/C17H23N3O2/c1-11-6-8-20(9-7-11)17(21)12(2)18-14-4-5-16-15(10-14)19-13(3)22-16/h4-5,10-12,18H,6-9H2,1-3H3/t12-/m1/s1. The van der Waals surface area contributed by atoms with E-state index in [-0.39, 0.29) is 11.9 Å². The number of aromatic nitrogens is 1. The van der Waals surface area contributed by atoms with Gasteiger partial charge in [0.05, 0.1) is 0 Å². The molecule has 1 aromatic heterocycles. The number of piperidine rings is 1. The molecule has 0 saturated carbocycles. The minimum atomic E-state index is -0.237. The molecule has 118 valence electrons. The molecule has 22 heavy (non-hydrogen) atoms. The number of aryl methyl sites for hydroxylation is 1. The second kappa shape index (κ2) is 5.99. The van der Waals surface area contributed by atoms with Crippen molar-refractivity contribution in [3.05, 3.63) is 24.1 Å². The Bertz CT molecular complexity index is 672. The summed E-state index contributed by atoms with van der Waals surface area (Å²) >= 11 is 0. The third-order valence-electron chi connectivity index (χ3n) is 4.34.